The number of nitrogens with zero attached hydrogens (tertiary/aromatic N) is 1. The molecule has 3 nitrogen and oxygen atoms in total. The van der Waals surface area contributed by atoms with Gasteiger partial charge in [-0.25, -0.2) is 0 Å². The molecule has 2 aliphatic rings. The fourth-order valence-electron chi connectivity index (χ4n) is 3.18. The second-order valence-corrected chi connectivity index (χ2v) is 5.01. The van der Waals surface area contributed by atoms with Crippen LogP contribution in [-0.4, -0.2) is 42.5 Å². The zero-order valence-electron chi connectivity index (χ0n) is 10.3. The summed E-state index contributed by atoms with van der Waals surface area (Å²) in [7, 11) is 0. The van der Waals surface area contributed by atoms with Crippen LogP contribution in [0.1, 0.15) is 45.4 Å². The number of hydrogen-bond donors (Lipinski definition) is 0. The Hall–Kier alpha value is -0.410. The van der Waals surface area contributed by atoms with E-state index in [1.54, 1.807) is 0 Å². The molecule has 0 aromatic carbocycles. The van der Waals surface area contributed by atoms with E-state index in [1.807, 2.05) is 0 Å². The number of hydrogen-bond acceptors (Lipinski definition) is 3. The standard InChI is InChI=1S/C13H23NO2/c1-2-5-12(15)13(6-3-4-7-13)14-8-10-16-11-9-14/h2-11H2,1H3. The van der Waals surface area contributed by atoms with E-state index in [4.69, 9.17) is 4.74 Å². The van der Waals surface area contributed by atoms with Crippen LogP contribution < -0.4 is 0 Å². The molecule has 16 heavy (non-hydrogen) atoms. The van der Waals surface area contributed by atoms with E-state index in [0.717, 1.165) is 52.0 Å². The van der Waals surface area contributed by atoms with Gasteiger partial charge in [0.2, 0.25) is 0 Å². The first-order chi connectivity index (χ1) is 7.79. The van der Waals surface area contributed by atoms with Gasteiger partial charge in [0.1, 0.15) is 0 Å². The molecule has 0 radical (unpaired) electrons. The molecule has 1 heterocycles. The predicted molar refractivity (Wildman–Crippen MR) is 63.5 cm³/mol. The molecule has 2 fully saturated rings. The number of morpholine rings is 1. The molecule has 0 atom stereocenters. The molecular weight excluding hydrogens is 202 g/mol. The summed E-state index contributed by atoms with van der Waals surface area (Å²) in [6.07, 6.45) is 6.31. The molecule has 3 heteroatoms. The second-order valence-electron chi connectivity index (χ2n) is 5.01. The third-order valence-electron chi connectivity index (χ3n) is 4.04. The van der Waals surface area contributed by atoms with Gasteiger partial charge < -0.3 is 4.74 Å². The summed E-state index contributed by atoms with van der Waals surface area (Å²) in [5, 5.41) is 0. The fourth-order valence-corrected chi connectivity index (χ4v) is 3.18. The van der Waals surface area contributed by atoms with Crippen LogP contribution >= 0.6 is 0 Å². The first-order valence-electron chi connectivity index (χ1n) is 6.66. The van der Waals surface area contributed by atoms with Crippen molar-refractivity contribution in [3.05, 3.63) is 0 Å². The van der Waals surface area contributed by atoms with Crippen LogP contribution in [0, 0.1) is 0 Å². The Labute approximate surface area is 98.1 Å². The Morgan fingerprint density at radius 3 is 2.44 bits per heavy atom. The topological polar surface area (TPSA) is 29.5 Å². The Balaban J connectivity index is 2.10. The lowest BCUT2D eigenvalue weighted by molar-refractivity contribution is -0.134. The van der Waals surface area contributed by atoms with Crippen molar-refractivity contribution < 1.29 is 9.53 Å². The minimum absolute atomic E-state index is 0.111. The van der Waals surface area contributed by atoms with E-state index >= 15 is 0 Å². The third kappa shape index (κ3) is 2.16. The summed E-state index contributed by atoms with van der Waals surface area (Å²) in [4.78, 5) is 14.8. The molecule has 0 spiro atoms. The van der Waals surface area contributed by atoms with Crippen molar-refractivity contribution in [3.8, 4) is 0 Å². The first-order valence-corrected chi connectivity index (χ1v) is 6.66. The Bertz CT molecular complexity index is 240. The highest BCUT2D eigenvalue weighted by molar-refractivity contribution is 5.88. The number of Topliss-reactive ketones (excluding diaryl/α,β-unsaturated/α-hetero) is 1. The molecular formula is C13H23NO2. The number of rotatable bonds is 4. The smallest absolute Gasteiger partial charge is 0.153 e. The Kier molecular flexibility index (Phi) is 3.98. The minimum atomic E-state index is -0.111. The van der Waals surface area contributed by atoms with Crippen LogP contribution in [0.3, 0.4) is 0 Å². The third-order valence-corrected chi connectivity index (χ3v) is 4.04. The molecule has 0 N–H and O–H groups in total. The molecule has 92 valence electrons. The van der Waals surface area contributed by atoms with E-state index in [-0.39, 0.29) is 5.54 Å². The van der Waals surface area contributed by atoms with Gasteiger partial charge in [-0.1, -0.05) is 19.8 Å². The van der Waals surface area contributed by atoms with E-state index in [1.165, 1.54) is 12.8 Å². The molecule has 0 amide bonds. The van der Waals surface area contributed by atoms with Crippen LogP contribution in [0.25, 0.3) is 0 Å². The van der Waals surface area contributed by atoms with Crippen molar-refractivity contribution in [1.82, 2.24) is 4.90 Å². The molecule has 1 aliphatic carbocycles. The summed E-state index contributed by atoms with van der Waals surface area (Å²) in [5.41, 5.74) is -0.111. The van der Waals surface area contributed by atoms with Crippen molar-refractivity contribution in [2.24, 2.45) is 0 Å². The maximum absolute atomic E-state index is 12.4. The van der Waals surface area contributed by atoms with Crippen molar-refractivity contribution in [2.75, 3.05) is 26.3 Å². The van der Waals surface area contributed by atoms with E-state index in [0.29, 0.717) is 5.78 Å². The van der Waals surface area contributed by atoms with E-state index in [9.17, 15) is 4.79 Å². The van der Waals surface area contributed by atoms with Crippen molar-refractivity contribution in [2.45, 2.75) is 51.0 Å². The van der Waals surface area contributed by atoms with Crippen LogP contribution in [-0.2, 0) is 9.53 Å². The van der Waals surface area contributed by atoms with Crippen LogP contribution in [0.15, 0.2) is 0 Å². The maximum Gasteiger partial charge on any atom is 0.153 e. The maximum atomic E-state index is 12.4. The number of carbonyl (C=O) groups excluding carboxylic acids is 1. The largest absolute Gasteiger partial charge is 0.379 e. The van der Waals surface area contributed by atoms with Gasteiger partial charge in [-0.05, 0) is 19.3 Å². The monoisotopic (exact) mass is 225 g/mol. The normalized spacial score (nSPS) is 25.8. The van der Waals surface area contributed by atoms with E-state index in [2.05, 4.69) is 11.8 Å². The highest BCUT2D eigenvalue weighted by atomic mass is 16.5. The van der Waals surface area contributed by atoms with Crippen molar-refractivity contribution in [1.29, 1.82) is 0 Å². The lowest BCUT2D eigenvalue weighted by Crippen LogP contribution is -2.56. The zero-order chi connectivity index (χ0) is 11.4. The highest BCUT2D eigenvalue weighted by Crippen LogP contribution is 2.37. The molecule has 1 aliphatic heterocycles. The number of ether oxygens (including phenoxy) is 1. The lowest BCUT2D eigenvalue weighted by atomic mass is 9.87. The Morgan fingerprint density at radius 2 is 1.88 bits per heavy atom. The number of ketones is 1. The predicted octanol–water partition coefficient (Wildman–Crippen LogP) is 2.00. The Morgan fingerprint density at radius 1 is 1.25 bits per heavy atom. The molecule has 0 bridgehead atoms. The molecule has 0 aromatic rings. The molecule has 0 aromatic heterocycles. The summed E-state index contributed by atoms with van der Waals surface area (Å²) in [6.45, 7) is 5.56. The summed E-state index contributed by atoms with van der Waals surface area (Å²) in [6, 6.07) is 0. The molecule has 0 unspecified atom stereocenters. The average Bonchev–Trinajstić information content (AvgIpc) is 2.81. The summed E-state index contributed by atoms with van der Waals surface area (Å²) in [5.74, 6) is 0.481. The second kappa shape index (κ2) is 5.28. The van der Waals surface area contributed by atoms with Gasteiger partial charge in [-0.15, -0.1) is 0 Å². The van der Waals surface area contributed by atoms with Crippen LogP contribution in [0.4, 0.5) is 0 Å². The van der Waals surface area contributed by atoms with Gasteiger partial charge >= 0.3 is 0 Å². The van der Waals surface area contributed by atoms with Gasteiger partial charge in [-0.2, -0.15) is 0 Å². The van der Waals surface area contributed by atoms with E-state index < -0.39 is 0 Å². The van der Waals surface area contributed by atoms with Gasteiger partial charge in [0.05, 0.1) is 18.8 Å². The molecule has 2 rings (SSSR count). The van der Waals surface area contributed by atoms with Gasteiger partial charge in [0.15, 0.2) is 5.78 Å². The SMILES string of the molecule is CCCC(=O)C1(N2CCOCC2)CCCC1. The lowest BCUT2D eigenvalue weighted by Gasteiger charge is -2.42. The minimum Gasteiger partial charge on any atom is -0.379 e. The quantitative estimate of drug-likeness (QED) is 0.733. The van der Waals surface area contributed by atoms with Crippen LogP contribution in [0.5, 0.6) is 0 Å². The van der Waals surface area contributed by atoms with Crippen molar-refractivity contribution in [3.63, 3.8) is 0 Å². The fraction of sp³-hybridized carbons (Fsp3) is 0.923. The summed E-state index contributed by atoms with van der Waals surface area (Å²) < 4.78 is 5.39. The molecule has 1 saturated carbocycles. The highest BCUT2D eigenvalue weighted by Gasteiger charge is 2.45. The van der Waals surface area contributed by atoms with Gasteiger partial charge in [0, 0.05) is 19.5 Å². The zero-order valence-corrected chi connectivity index (χ0v) is 10.3. The number of carbonyl (C=O) groups is 1. The summed E-state index contributed by atoms with van der Waals surface area (Å²) >= 11 is 0. The van der Waals surface area contributed by atoms with Crippen molar-refractivity contribution >= 4 is 5.78 Å². The van der Waals surface area contributed by atoms with Crippen LogP contribution in [0.2, 0.25) is 0 Å². The average molecular weight is 225 g/mol. The molecule has 1 saturated heterocycles. The van der Waals surface area contributed by atoms with Gasteiger partial charge in [-0.3, -0.25) is 9.69 Å². The van der Waals surface area contributed by atoms with Gasteiger partial charge in [0.25, 0.3) is 0 Å². The first kappa shape index (κ1) is 12.1.